The maximum Gasteiger partial charge on any atom is 0.310 e. The molecule has 0 aliphatic heterocycles. The molecular weight excluding hydrogens is 352 g/mol. The number of hydrogen-bond donors (Lipinski definition) is 1. The molecule has 27 heavy (non-hydrogen) atoms. The Morgan fingerprint density at radius 2 is 1.37 bits per heavy atom. The molecule has 0 fully saturated rings. The first-order valence-corrected chi connectivity index (χ1v) is 10.00. The van der Waals surface area contributed by atoms with Gasteiger partial charge < -0.3 is 19.3 Å². The topological polar surface area (TPSA) is 99.1 Å². The zero-order valence-electron chi connectivity index (χ0n) is 17.2. The lowest BCUT2D eigenvalue weighted by Crippen LogP contribution is -2.34. The molecule has 0 heterocycles. The Bertz CT molecular complexity index is 434. The van der Waals surface area contributed by atoms with E-state index in [0.29, 0.717) is 6.61 Å². The molecule has 1 N–H and O–H groups in total. The van der Waals surface area contributed by atoms with Gasteiger partial charge in [0.05, 0.1) is 37.6 Å². The highest BCUT2D eigenvalue weighted by Crippen LogP contribution is 2.21. The Morgan fingerprint density at radius 1 is 0.815 bits per heavy atom. The van der Waals surface area contributed by atoms with Gasteiger partial charge in [0.2, 0.25) is 0 Å². The number of carbonyl (C=O) groups excluding carboxylic acids is 3. The number of rotatable bonds is 15. The third kappa shape index (κ3) is 12.4. The molecule has 0 bridgehead atoms. The summed E-state index contributed by atoms with van der Waals surface area (Å²) in [6.07, 6.45) is 4.36. The molecule has 0 aliphatic carbocycles. The van der Waals surface area contributed by atoms with E-state index in [2.05, 4.69) is 0 Å². The Labute approximate surface area is 162 Å². The van der Waals surface area contributed by atoms with E-state index < -0.39 is 35.8 Å². The maximum absolute atomic E-state index is 12.4. The highest BCUT2D eigenvalue weighted by molar-refractivity contribution is 5.85. The molecule has 0 amide bonds. The van der Waals surface area contributed by atoms with Gasteiger partial charge in [0.15, 0.2) is 0 Å². The summed E-state index contributed by atoms with van der Waals surface area (Å²) in [5, 5.41) is 9.24. The Morgan fingerprint density at radius 3 is 1.89 bits per heavy atom. The second kappa shape index (κ2) is 15.4. The second-order valence-corrected chi connectivity index (χ2v) is 6.88. The van der Waals surface area contributed by atoms with E-state index in [-0.39, 0.29) is 19.6 Å². The van der Waals surface area contributed by atoms with E-state index >= 15 is 0 Å². The van der Waals surface area contributed by atoms with Crippen LogP contribution in [0.2, 0.25) is 0 Å². The van der Waals surface area contributed by atoms with Crippen LogP contribution in [0.5, 0.6) is 0 Å². The number of hydrogen-bond acceptors (Lipinski definition) is 7. The van der Waals surface area contributed by atoms with Gasteiger partial charge in [0.1, 0.15) is 6.61 Å². The van der Waals surface area contributed by atoms with E-state index in [1.165, 1.54) is 13.8 Å². The van der Waals surface area contributed by atoms with Crippen molar-refractivity contribution in [1.82, 2.24) is 0 Å². The predicted octanol–water partition coefficient (Wildman–Crippen LogP) is 3.02. The van der Waals surface area contributed by atoms with Crippen LogP contribution in [0.3, 0.4) is 0 Å². The Balaban J connectivity index is 4.79. The Kier molecular flexibility index (Phi) is 14.5. The van der Waals surface area contributed by atoms with Crippen LogP contribution >= 0.6 is 0 Å². The fraction of sp³-hybridized carbons (Fsp3) is 0.850. The van der Waals surface area contributed by atoms with Crippen molar-refractivity contribution in [3.8, 4) is 0 Å². The van der Waals surface area contributed by atoms with Crippen LogP contribution in [0.1, 0.15) is 72.6 Å². The van der Waals surface area contributed by atoms with Crippen LogP contribution in [0.15, 0.2) is 0 Å². The van der Waals surface area contributed by atoms with Gasteiger partial charge in [-0.15, -0.1) is 0 Å². The van der Waals surface area contributed by atoms with Gasteiger partial charge in [0.25, 0.3) is 0 Å². The SMILES string of the molecule is CCCCCOC(=O)CC(C(=O)OCCCCC)C(C)C(=O)OCC(C)O. The normalized spacial score (nSPS) is 14.1. The largest absolute Gasteiger partial charge is 0.466 e. The van der Waals surface area contributed by atoms with Gasteiger partial charge in [-0.05, 0) is 19.8 Å². The number of unbranched alkanes of at least 4 members (excludes halogenated alkanes) is 4. The minimum absolute atomic E-state index is 0.164. The molecule has 0 aromatic heterocycles. The lowest BCUT2D eigenvalue weighted by Gasteiger charge is -2.21. The molecule has 0 rings (SSSR count). The number of aliphatic hydroxyl groups is 1. The number of aliphatic hydroxyl groups excluding tert-OH is 1. The van der Waals surface area contributed by atoms with Crippen LogP contribution in [0.25, 0.3) is 0 Å². The maximum atomic E-state index is 12.4. The molecule has 3 unspecified atom stereocenters. The molecule has 7 heteroatoms. The third-order valence-corrected chi connectivity index (χ3v) is 4.13. The molecule has 3 atom stereocenters. The van der Waals surface area contributed by atoms with Gasteiger partial charge in [-0.1, -0.05) is 46.5 Å². The summed E-state index contributed by atoms with van der Waals surface area (Å²) in [5.74, 6) is -3.61. The fourth-order valence-electron chi connectivity index (χ4n) is 2.37. The standard InChI is InChI=1S/C20H36O7/c1-5-7-9-11-25-18(22)13-17(20(24)26-12-10-8-6-2)16(4)19(23)27-14-15(3)21/h15-17,21H,5-14H2,1-4H3. The van der Waals surface area contributed by atoms with Crippen molar-refractivity contribution < 1.29 is 33.7 Å². The summed E-state index contributed by atoms with van der Waals surface area (Å²) in [4.78, 5) is 36.6. The van der Waals surface area contributed by atoms with Crippen molar-refractivity contribution in [3.63, 3.8) is 0 Å². The summed E-state index contributed by atoms with van der Waals surface area (Å²) >= 11 is 0. The van der Waals surface area contributed by atoms with Gasteiger partial charge >= 0.3 is 17.9 Å². The molecule has 0 spiro atoms. The Hall–Kier alpha value is -1.63. The van der Waals surface area contributed by atoms with Crippen molar-refractivity contribution >= 4 is 17.9 Å². The molecule has 0 saturated carbocycles. The van der Waals surface area contributed by atoms with Crippen molar-refractivity contribution in [3.05, 3.63) is 0 Å². The second-order valence-electron chi connectivity index (χ2n) is 6.88. The van der Waals surface area contributed by atoms with E-state index in [1.807, 2.05) is 13.8 Å². The highest BCUT2D eigenvalue weighted by atomic mass is 16.5. The molecule has 158 valence electrons. The number of esters is 3. The summed E-state index contributed by atoms with van der Waals surface area (Å²) < 4.78 is 15.4. The lowest BCUT2D eigenvalue weighted by molar-refractivity contribution is -0.164. The van der Waals surface area contributed by atoms with Crippen LogP contribution in [-0.2, 0) is 28.6 Å². The first-order chi connectivity index (χ1) is 12.8. The highest BCUT2D eigenvalue weighted by Gasteiger charge is 2.35. The fourth-order valence-corrected chi connectivity index (χ4v) is 2.37. The zero-order chi connectivity index (χ0) is 20.7. The van der Waals surface area contributed by atoms with Crippen LogP contribution in [0, 0.1) is 11.8 Å². The average molecular weight is 389 g/mol. The first kappa shape index (κ1) is 25.4. The molecule has 7 nitrogen and oxygen atoms in total. The molecule has 0 aromatic carbocycles. The third-order valence-electron chi connectivity index (χ3n) is 4.13. The molecule has 0 aliphatic rings. The van der Waals surface area contributed by atoms with Crippen molar-refractivity contribution in [2.75, 3.05) is 19.8 Å². The first-order valence-electron chi connectivity index (χ1n) is 10.00. The van der Waals surface area contributed by atoms with Crippen molar-refractivity contribution in [2.45, 2.75) is 78.7 Å². The minimum atomic E-state index is -0.966. The quantitative estimate of drug-likeness (QED) is 0.261. The van der Waals surface area contributed by atoms with Gasteiger partial charge in [0, 0.05) is 0 Å². The summed E-state index contributed by atoms with van der Waals surface area (Å²) in [6, 6.07) is 0. The van der Waals surface area contributed by atoms with Crippen molar-refractivity contribution in [1.29, 1.82) is 0 Å². The van der Waals surface area contributed by atoms with Gasteiger partial charge in [-0.2, -0.15) is 0 Å². The smallest absolute Gasteiger partial charge is 0.310 e. The summed E-state index contributed by atoms with van der Waals surface area (Å²) in [6.45, 7) is 7.49. The summed E-state index contributed by atoms with van der Waals surface area (Å²) in [7, 11) is 0. The molecule has 0 aromatic rings. The molecular formula is C20H36O7. The van der Waals surface area contributed by atoms with E-state index in [4.69, 9.17) is 14.2 Å². The minimum Gasteiger partial charge on any atom is -0.466 e. The van der Waals surface area contributed by atoms with Crippen molar-refractivity contribution in [2.24, 2.45) is 11.8 Å². The van der Waals surface area contributed by atoms with Gasteiger partial charge in [-0.25, -0.2) is 0 Å². The van der Waals surface area contributed by atoms with Gasteiger partial charge in [-0.3, -0.25) is 14.4 Å². The monoisotopic (exact) mass is 388 g/mol. The molecule has 0 radical (unpaired) electrons. The predicted molar refractivity (Wildman–Crippen MR) is 101 cm³/mol. The van der Waals surface area contributed by atoms with E-state index in [1.54, 1.807) is 0 Å². The van der Waals surface area contributed by atoms with Crippen LogP contribution in [0.4, 0.5) is 0 Å². The summed E-state index contributed by atoms with van der Waals surface area (Å²) in [5.41, 5.74) is 0. The van der Waals surface area contributed by atoms with E-state index in [9.17, 15) is 19.5 Å². The van der Waals surface area contributed by atoms with E-state index in [0.717, 1.165) is 38.5 Å². The average Bonchev–Trinajstić information content (AvgIpc) is 2.64. The number of ether oxygens (including phenoxy) is 3. The molecule has 0 saturated heterocycles. The lowest BCUT2D eigenvalue weighted by atomic mass is 9.91. The zero-order valence-corrected chi connectivity index (χ0v) is 17.2. The van der Waals surface area contributed by atoms with Crippen LogP contribution in [-0.4, -0.2) is 48.9 Å². The van der Waals surface area contributed by atoms with Crippen LogP contribution < -0.4 is 0 Å². The number of carbonyl (C=O) groups is 3.